The first-order valence-corrected chi connectivity index (χ1v) is 7.02. The maximum atomic E-state index is 14.1. The van der Waals surface area contributed by atoms with Gasteiger partial charge in [0.25, 0.3) is 5.89 Å². The minimum atomic E-state index is -3.26. The molecule has 0 atom stereocenters. The number of nitrogens with zero attached hydrogens (tertiary/aromatic N) is 1. The van der Waals surface area contributed by atoms with E-state index in [0.29, 0.717) is 16.7 Å². The molecule has 3 aromatic rings. The van der Waals surface area contributed by atoms with Gasteiger partial charge in [0, 0.05) is 4.47 Å². The van der Waals surface area contributed by atoms with Crippen molar-refractivity contribution in [3.05, 3.63) is 70.5 Å². The third-order valence-corrected chi connectivity index (χ3v) is 3.41. The van der Waals surface area contributed by atoms with E-state index in [-0.39, 0.29) is 0 Å². The van der Waals surface area contributed by atoms with Gasteiger partial charge in [0.2, 0.25) is 0 Å². The van der Waals surface area contributed by atoms with Gasteiger partial charge in [0.1, 0.15) is 5.52 Å². The number of alkyl halides is 2. The summed E-state index contributed by atoms with van der Waals surface area (Å²) < 4.78 is 34.2. The van der Waals surface area contributed by atoms with E-state index in [4.69, 9.17) is 4.42 Å². The zero-order valence-electron chi connectivity index (χ0n) is 10.8. The van der Waals surface area contributed by atoms with Crippen LogP contribution in [0.4, 0.5) is 8.78 Å². The fourth-order valence-electron chi connectivity index (χ4n) is 1.90. The summed E-state index contributed by atoms with van der Waals surface area (Å²) in [5.41, 5.74) is 1.44. The molecule has 2 aromatic carbocycles. The molecule has 0 unspecified atom stereocenters. The Labute approximate surface area is 128 Å². The van der Waals surface area contributed by atoms with Gasteiger partial charge in [0.05, 0.1) is 0 Å². The molecular formula is C16H10BrF2NO. The second kappa shape index (κ2) is 5.41. The molecule has 21 heavy (non-hydrogen) atoms. The fraction of sp³-hybridized carbons (Fsp3) is 0.0625. The summed E-state index contributed by atoms with van der Waals surface area (Å²) >= 11 is 3.30. The van der Waals surface area contributed by atoms with Crippen LogP contribution in [0.1, 0.15) is 11.5 Å². The van der Waals surface area contributed by atoms with E-state index >= 15 is 0 Å². The number of rotatable bonds is 3. The Kier molecular flexibility index (Phi) is 3.59. The van der Waals surface area contributed by atoms with E-state index in [9.17, 15) is 8.78 Å². The molecule has 0 bridgehead atoms. The van der Waals surface area contributed by atoms with Crippen molar-refractivity contribution in [2.75, 3.05) is 0 Å². The van der Waals surface area contributed by atoms with Crippen molar-refractivity contribution in [1.82, 2.24) is 4.98 Å². The molecule has 3 rings (SSSR count). The molecule has 5 heteroatoms. The van der Waals surface area contributed by atoms with Gasteiger partial charge in [-0.15, -0.1) is 0 Å². The molecule has 0 aliphatic heterocycles. The number of hydrogen-bond acceptors (Lipinski definition) is 2. The van der Waals surface area contributed by atoms with E-state index in [1.807, 2.05) is 6.07 Å². The van der Waals surface area contributed by atoms with Gasteiger partial charge >= 0.3 is 5.92 Å². The molecule has 0 aliphatic carbocycles. The second-order valence-electron chi connectivity index (χ2n) is 4.50. The lowest BCUT2D eigenvalue weighted by Crippen LogP contribution is -2.09. The third kappa shape index (κ3) is 3.03. The first kappa shape index (κ1) is 13.9. The SMILES string of the molecule is FC(F)(C=Cc1cccc(Br)c1)c1nc2ccccc2o1. The molecule has 2 nitrogen and oxygen atoms in total. The van der Waals surface area contributed by atoms with Crippen molar-refractivity contribution in [2.45, 2.75) is 5.92 Å². The number of aromatic nitrogens is 1. The van der Waals surface area contributed by atoms with Crippen LogP contribution in [0.3, 0.4) is 0 Å². The first-order chi connectivity index (χ1) is 10.0. The van der Waals surface area contributed by atoms with Gasteiger partial charge in [-0.05, 0) is 35.9 Å². The van der Waals surface area contributed by atoms with Gasteiger partial charge in [-0.3, -0.25) is 0 Å². The molecule has 0 saturated carbocycles. The van der Waals surface area contributed by atoms with E-state index in [1.54, 1.807) is 42.5 Å². The predicted octanol–water partition coefficient (Wildman–Crippen LogP) is 5.40. The lowest BCUT2D eigenvalue weighted by molar-refractivity contribution is 0.0243. The number of halogens is 3. The highest BCUT2D eigenvalue weighted by atomic mass is 79.9. The largest absolute Gasteiger partial charge is 0.435 e. The summed E-state index contributed by atoms with van der Waals surface area (Å²) in [4.78, 5) is 3.84. The molecule has 0 amide bonds. The summed E-state index contributed by atoms with van der Waals surface area (Å²) in [6.07, 6.45) is 2.14. The lowest BCUT2D eigenvalue weighted by atomic mass is 10.2. The van der Waals surface area contributed by atoms with Crippen molar-refractivity contribution in [2.24, 2.45) is 0 Å². The van der Waals surface area contributed by atoms with Gasteiger partial charge in [0.15, 0.2) is 5.58 Å². The van der Waals surface area contributed by atoms with Crippen LogP contribution in [-0.2, 0) is 5.92 Å². The van der Waals surface area contributed by atoms with Crippen molar-refractivity contribution in [3.63, 3.8) is 0 Å². The third-order valence-electron chi connectivity index (χ3n) is 2.91. The highest BCUT2D eigenvalue weighted by Gasteiger charge is 2.34. The molecular weight excluding hydrogens is 340 g/mol. The van der Waals surface area contributed by atoms with Gasteiger partial charge < -0.3 is 4.42 Å². The Bertz CT molecular complexity index is 778. The fourth-order valence-corrected chi connectivity index (χ4v) is 2.31. The number of fused-ring (bicyclic) bond motifs is 1. The first-order valence-electron chi connectivity index (χ1n) is 6.23. The maximum Gasteiger partial charge on any atom is 0.341 e. The zero-order chi connectivity index (χ0) is 14.9. The average molecular weight is 350 g/mol. The van der Waals surface area contributed by atoms with Crippen LogP contribution in [0, 0.1) is 0 Å². The van der Waals surface area contributed by atoms with E-state index in [1.165, 1.54) is 6.08 Å². The van der Waals surface area contributed by atoms with Crippen molar-refractivity contribution < 1.29 is 13.2 Å². The van der Waals surface area contributed by atoms with Gasteiger partial charge in [-0.2, -0.15) is 8.78 Å². The summed E-state index contributed by atoms with van der Waals surface area (Å²) in [6, 6.07) is 13.8. The van der Waals surface area contributed by atoms with Crippen molar-refractivity contribution in [3.8, 4) is 0 Å². The van der Waals surface area contributed by atoms with Crippen LogP contribution < -0.4 is 0 Å². The van der Waals surface area contributed by atoms with Crippen LogP contribution in [0.2, 0.25) is 0 Å². The standard InChI is InChI=1S/C16H10BrF2NO/c17-12-5-3-4-11(10-12)8-9-16(18,19)15-20-13-6-1-2-7-14(13)21-15/h1-10H. The Morgan fingerprint density at radius 3 is 2.67 bits per heavy atom. The van der Waals surface area contributed by atoms with Crippen LogP contribution in [0.25, 0.3) is 17.2 Å². The molecule has 0 saturated heterocycles. The minimum Gasteiger partial charge on any atom is -0.435 e. The highest BCUT2D eigenvalue weighted by Crippen LogP contribution is 2.32. The smallest absolute Gasteiger partial charge is 0.341 e. The monoisotopic (exact) mass is 349 g/mol. The normalized spacial score (nSPS) is 12.3. The summed E-state index contributed by atoms with van der Waals surface area (Å²) in [6.45, 7) is 0. The quantitative estimate of drug-likeness (QED) is 0.633. The van der Waals surface area contributed by atoms with Crippen molar-refractivity contribution in [1.29, 1.82) is 0 Å². The molecule has 0 aliphatic rings. The van der Waals surface area contributed by atoms with E-state index in [2.05, 4.69) is 20.9 Å². The summed E-state index contributed by atoms with van der Waals surface area (Å²) in [7, 11) is 0. The van der Waals surface area contributed by atoms with E-state index in [0.717, 1.165) is 10.5 Å². The van der Waals surface area contributed by atoms with Crippen molar-refractivity contribution >= 4 is 33.1 Å². The number of allylic oxidation sites excluding steroid dienone is 1. The molecule has 1 heterocycles. The number of benzene rings is 2. The highest BCUT2D eigenvalue weighted by molar-refractivity contribution is 9.10. The average Bonchev–Trinajstić information content (AvgIpc) is 2.90. The Morgan fingerprint density at radius 1 is 1.10 bits per heavy atom. The van der Waals surface area contributed by atoms with Crippen LogP contribution in [-0.4, -0.2) is 4.98 Å². The van der Waals surface area contributed by atoms with Gasteiger partial charge in [-0.1, -0.05) is 46.3 Å². The number of oxazole rings is 1. The Balaban J connectivity index is 1.92. The molecule has 0 N–H and O–H groups in total. The summed E-state index contributed by atoms with van der Waals surface area (Å²) in [5, 5.41) is 0. The second-order valence-corrected chi connectivity index (χ2v) is 5.41. The topological polar surface area (TPSA) is 26.0 Å². The maximum absolute atomic E-state index is 14.1. The number of hydrogen-bond donors (Lipinski definition) is 0. The van der Waals surface area contributed by atoms with Crippen LogP contribution in [0.15, 0.2) is 63.5 Å². The van der Waals surface area contributed by atoms with Gasteiger partial charge in [-0.25, -0.2) is 4.98 Å². The Morgan fingerprint density at radius 2 is 1.90 bits per heavy atom. The van der Waals surface area contributed by atoms with Crippen LogP contribution in [0.5, 0.6) is 0 Å². The summed E-state index contributed by atoms with van der Waals surface area (Å²) in [5.74, 6) is -3.86. The van der Waals surface area contributed by atoms with E-state index < -0.39 is 11.8 Å². The number of para-hydroxylation sites is 2. The van der Waals surface area contributed by atoms with Crippen LogP contribution >= 0.6 is 15.9 Å². The molecule has 0 radical (unpaired) electrons. The zero-order valence-corrected chi connectivity index (χ0v) is 12.3. The lowest BCUT2D eigenvalue weighted by Gasteiger charge is -2.06. The molecule has 0 spiro atoms. The molecule has 0 fully saturated rings. The predicted molar refractivity (Wildman–Crippen MR) is 81.1 cm³/mol. The molecule has 1 aromatic heterocycles. The Hall–Kier alpha value is -2.01. The minimum absolute atomic E-state index is 0.350. The molecule has 106 valence electrons.